The Balaban J connectivity index is 1.85. The lowest BCUT2D eigenvalue weighted by Gasteiger charge is -2.34. The van der Waals surface area contributed by atoms with E-state index in [0.717, 1.165) is 12.8 Å². The highest BCUT2D eigenvalue weighted by Crippen LogP contribution is 2.42. The molecular formula is C20H27N3O6. The van der Waals surface area contributed by atoms with Crippen molar-refractivity contribution >= 4 is 29.1 Å². The molecule has 0 spiro atoms. The van der Waals surface area contributed by atoms with Crippen molar-refractivity contribution in [2.45, 2.75) is 57.5 Å². The minimum Gasteiger partial charge on any atom is -0.469 e. The van der Waals surface area contributed by atoms with E-state index in [2.05, 4.69) is 5.32 Å². The van der Waals surface area contributed by atoms with Crippen LogP contribution in [0.3, 0.4) is 0 Å². The van der Waals surface area contributed by atoms with Gasteiger partial charge in [-0.1, -0.05) is 0 Å². The van der Waals surface area contributed by atoms with Crippen molar-refractivity contribution in [1.29, 1.82) is 0 Å². The number of methoxy groups -OCH3 is 2. The van der Waals surface area contributed by atoms with E-state index in [9.17, 15) is 19.7 Å². The average molecular weight is 405 g/mol. The van der Waals surface area contributed by atoms with E-state index >= 15 is 0 Å². The third kappa shape index (κ3) is 4.13. The normalized spacial score (nSPS) is 23.7. The number of anilines is 2. The molecule has 3 rings (SSSR count). The molecule has 0 bridgehead atoms. The van der Waals surface area contributed by atoms with Gasteiger partial charge in [-0.05, 0) is 57.6 Å². The molecule has 1 amide bonds. The van der Waals surface area contributed by atoms with Gasteiger partial charge in [-0.3, -0.25) is 19.8 Å². The molecule has 29 heavy (non-hydrogen) atoms. The molecule has 9 heteroatoms. The molecule has 1 unspecified atom stereocenters. The molecule has 1 N–H and O–H groups in total. The maximum Gasteiger partial charge on any atom is 0.414 e. The average Bonchev–Trinajstić information content (AvgIpc) is 2.72. The summed E-state index contributed by atoms with van der Waals surface area (Å²) < 4.78 is 9.68. The van der Waals surface area contributed by atoms with Gasteiger partial charge in [0.1, 0.15) is 5.69 Å². The molecule has 0 radical (unpaired) electrons. The lowest BCUT2D eigenvalue weighted by Crippen LogP contribution is -2.42. The maximum absolute atomic E-state index is 12.2. The number of rotatable bonds is 4. The highest BCUT2D eigenvalue weighted by atomic mass is 16.6. The molecule has 1 fully saturated rings. The summed E-state index contributed by atoms with van der Waals surface area (Å²) in [5.74, 6) is -0.299. The zero-order valence-corrected chi connectivity index (χ0v) is 17.0. The van der Waals surface area contributed by atoms with Gasteiger partial charge in [-0.15, -0.1) is 0 Å². The minimum absolute atomic E-state index is 0.0124. The maximum atomic E-state index is 12.2. The fraction of sp³-hybridized carbons (Fsp3) is 0.600. The standard InChI is InChI=1S/C20H27N3O6/c1-12-4-9-15-17(22(12)20(25)29-3)11-10-16(18(15)23(26)27)21-14-7-5-13(6-8-14)19(24)28-2/h10-14,21H,4-9H2,1-3H3. The number of nitro groups is 1. The molecule has 9 nitrogen and oxygen atoms in total. The molecule has 1 aliphatic carbocycles. The lowest BCUT2D eigenvalue weighted by molar-refractivity contribution is -0.384. The van der Waals surface area contributed by atoms with Crippen LogP contribution in [0, 0.1) is 16.0 Å². The predicted octanol–water partition coefficient (Wildman–Crippen LogP) is 3.65. The van der Waals surface area contributed by atoms with Crippen LogP contribution in [0.4, 0.5) is 21.9 Å². The van der Waals surface area contributed by atoms with Crippen molar-refractivity contribution in [2.75, 3.05) is 24.4 Å². The van der Waals surface area contributed by atoms with Gasteiger partial charge in [0.25, 0.3) is 5.69 Å². The predicted molar refractivity (Wildman–Crippen MR) is 107 cm³/mol. The van der Waals surface area contributed by atoms with Gasteiger partial charge in [0.2, 0.25) is 0 Å². The van der Waals surface area contributed by atoms with Crippen LogP contribution in [0.25, 0.3) is 0 Å². The quantitative estimate of drug-likeness (QED) is 0.462. The number of hydrogen-bond acceptors (Lipinski definition) is 7. The Morgan fingerprint density at radius 2 is 1.83 bits per heavy atom. The first-order valence-electron chi connectivity index (χ1n) is 9.89. The molecule has 2 aliphatic rings. The summed E-state index contributed by atoms with van der Waals surface area (Å²) in [5.41, 5.74) is 1.54. The van der Waals surface area contributed by atoms with E-state index in [1.807, 2.05) is 6.92 Å². The fourth-order valence-electron chi connectivity index (χ4n) is 4.38. The Morgan fingerprint density at radius 3 is 2.41 bits per heavy atom. The molecule has 1 saturated carbocycles. The number of amides is 1. The van der Waals surface area contributed by atoms with Gasteiger partial charge < -0.3 is 14.8 Å². The molecule has 1 aliphatic heterocycles. The van der Waals surface area contributed by atoms with Gasteiger partial charge in [0.15, 0.2) is 0 Å². The number of esters is 1. The highest BCUT2D eigenvalue weighted by molar-refractivity contribution is 5.92. The monoisotopic (exact) mass is 405 g/mol. The van der Waals surface area contributed by atoms with Gasteiger partial charge in [0, 0.05) is 12.1 Å². The summed E-state index contributed by atoms with van der Waals surface area (Å²) >= 11 is 0. The van der Waals surface area contributed by atoms with E-state index in [4.69, 9.17) is 9.47 Å². The first-order valence-corrected chi connectivity index (χ1v) is 9.89. The second-order valence-electron chi connectivity index (χ2n) is 7.66. The first kappa shape index (κ1) is 20.9. The van der Waals surface area contributed by atoms with Crippen LogP contribution < -0.4 is 10.2 Å². The molecular weight excluding hydrogens is 378 g/mol. The Morgan fingerprint density at radius 1 is 1.14 bits per heavy atom. The van der Waals surface area contributed by atoms with E-state index in [-0.39, 0.29) is 34.6 Å². The number of benzene rings is 1. The summed E-state index contributed by atoms with van der Waals surface area (Å²) in [4.78, 5) is 36.9. The summed E-state index contributed by atoms with van der Waals surface area (Å²) in [6.07, 6.45) is 3.47. The van der Waals surface area contributed by atoms with E-state index in [0.29, 0.717) is 42.6 Å². The topological polar surface area (TPSA) is 111 Å². The molecule has 0 aromatic heterocycles. The second-order valence-corrected chi connectivity index (χ2v) is 7.66. The number of nitro benzene ring substituents is 1. The second kappa shape index (κ2) is 8.67. The lowest BCUT2D eigenvalue weighted by atomic mass is 9.86. The van der Waals surface area contributed by atoms with Crippen LogP contribution in [0.15, 0.2) is 12.1 Å². The third-order valence-corrected chi connectivity index (χ3v) is 5.95. The Labute approximate surface area is 169 Å². The Hall–Kier alpha value is -2.84. The first-order chi connectivity index (χ1) is 13.9. The van der Waals surface area contributed by atoms with Crippen molar-refractivity contribution in [3.63, 3.8) is 0 Å². The Bertz CT molecular complexity index is 804. The van der Waals surface area contributed by atoms with Gasteiger partial charge in [-0.2, -0.15) is 0 Å². The largest absolute Gasteiger partial charge is 0.469 e. The van der Waals surface area contributed by atoms with Gasteiger partial charge in [-0.25, -0.2) is 4.79 Å². The van der Waals surface area contributed by atoms with E-state index in [1.165, 1.54) is 19.1 Å². The molecule has 1 atom stereocenters. The number of nitrogens with zero attached hydrogens (tertiary/aromatic N) is 2. The molecule has 1 heterocycles. The van der Waals surface area contributed by atoms with Crippen LogP contribution in [-0.2, 0) is 20.7 Å². The zero-order chi connectivity index (χ0) is 21.1. The van der Waals surface area contributed by atoms with Crippen LogP contribution in [0.1, 0.15) is 44.6 Å². The summed E-state index contributed by atoms with van der Waals surface area (Å²) in [6, 6.07) is 3.36. The van der Waals surface area contributed by atoms with E-state index in [1.54, 1.807) is 12.1 Å². The Kier molecular flexibility index (Phi) is 6.24. The van der Waals surface area contributed by atoms with Crippen molar-refractivity contribution < 1.29 is 24.0 Å². The van der Waals surface area contributed by atoms with Crippen LogP contribution in [0.2, 0.25) is 0 Å². The number of carbonyl (C=O) groups is 2. The third-order valence-electron chi connectivity index (χ3n) is 5.95. The number of fused-ring (bicyclic) bond motifs is 1. The zero-order valence-electron chi connectivity index (χ0n) is 17.0. The summed E-state index contributed by atoms with van der Waals surface area (Å²) in [5, 5.41) is 15.2. The number of nitrogens with one attached hydrogen (secondary N) is 1. The molecule has 0 saturated heterocycles. The smallest absolute Gasteiger partial charge is 0.414 e. The number of carbonyl (C=O) groups excluding carboxylic acids is 2. The highest BCUT2D eigenvalue weighted by Gasteiger charge is 2.36. The van der Waals surface area contributed by atoms with E-state index < -0.39 is 6.09 Å². The SMILES string of the molecule is COC(=O)C1CCC(Nc2ccc3c(c2[N+](=O)[O-])CCC(C)N3C(=O)OC)CC1. The van der Waals surface area contributed by atoms with Crippen LogP contribution in [-0.4, -0.2) is 43.3 Å². The number of hydrogen-bond donors (Lipinski definition) is 1. The van der Waals surface area contributed by atoms with Gasteiger partial charge >= 0.3 is 12.1 Å². The van der Waals surface area contributed by atoms with Crippen LogP contribution >= 0.6 is 0 Å². The molecule has 158 valence electrons. The van der Waals surface area contributed by atoms with Crippen molar-refractivity contribution in [2.24, 2.45) is 5.92 Å². The minimum atomic E-state index is -0.519. The van der Waals surface area contributed by atoms with Gasteiger partial charge in [0.05, 0.1) is 36.3 Å². The molecule has 1 aromatic carbocycles. The van der Waals surface area contributed by atoms with Crippen LogP contribution in [0.5, 0.6) is 0 Å². The van der Waals surface area contributed by atoms with Crippen molar-refractivity contribution in [1.82, 2.24) is 0 Å². The van der Waals surface area contributed by atoms with Crippen molar-refractivity contribution in [3.8, 4) is 0 Å². The fourth-order valence-corrected chi connectivity index (χ4v) is 4.38. The summed E-state index contributed by atoms with van der Waals surface area (Å²) in [6.45, 7) is 1.90. The number of ether oxygens (including phenoxy) is 2. The van der Waals surface area contributed by atoms with Crippen molar-refractivity contribution in [3.05, 3.63) is 27.8 Å². The summed E-state index contributed by atoms with van der Waals surface area (Å²) in [7, 11) is 2.69. The molecule has 1 aromatic rings.